The Kier molecular flexibility index (Phi) is 5.35. The number of rotatable bonds is 4. The Morgan fingerprint density at radius 2 is 1.65 bits per heavy atom. The van der Waals surface area contributed by atoms with Crippen molar-refractivity contribution < 1.29 is 19.1 Å². The smallest absolute Gasteiger partial charge is 0.339 e. The predicted molar refractivity (Wildman–Crippen MR) is 123 cm³/mol. The third kappa shape index (κ3) is 3.60. The number of imide groups is 1. The van der Waals surface area contributed by atoms with Gasteiger partial charge in [0.1, 0.15) is 5.52 Å². The average molecular weight is 495 g/mol. The van der Waals surface area contributed by atoms with Crippen LogP contribution in [-0.4, -0.2) is 32.8 Å². The largest absolute Gasteiger partial charge is 0.439 e. The molecule has 0 spiro atoms. The number of hydrogen-bond acceptors (Lipinski definition) is 7. The lowest BCUT2D eigenvalue weighted by molar-refractivity contribution is 0.0336. The monoisotopic (exact) mass is 494 g/mol. The Hall–Kier alpha value is -4.08. The van der Waals surface area contributed by atoms with Gasteiger partial charge >= 0.3 is 5.97 Å². The first-order valence-corrected chi connectivity index (χ1v) is 10.6. The van der Waals surface area contributed by atoms with Crippen LogP contribution in [0.2, 0.25) is 10.0 Å². The normalized spacial score (nSPS) is 12.8. The van der Waals surface area contributed by atoms with E-state index in [2.05, 4.69) is 10.3 Å². The third-order valence-electron chi connectivity index (χ3n) is 5.23. The predicted octanol–water partition coefficient (Wildman–Crippen LogP) is 3.71. The molecule has 1 aliphatic heterocycles. The van der Waals surface area contributed by atoms with Crippen molar-refractivity contribution in [3.05, 3.63) is 97.8 Å². The molecular formula is C23H12Cl2N4O5. The minimum atomic E-state index is -0.808. The molecule has 3 aromatic carbocycles. The van der Waals surface area contributed by atoms with E-state index in [-0.39, 0.29) is 32.4 Å². The van der Waals surface area contributed by atoms with Crippen LogP contribution in [0.15, 0.2) is 65.5 Å². The molecule has 168 valence electrons. The average Bonchev–Trinajstić information content (AvgIpc) is 3.09. The van der Waals surface area contributed by atoms with Gasteiger partial charge < -0.3 is 4.74 Å². The zero-order chi connectivity index (χ0) is 24.0. The summed E-state index contributed by atoms with van der Waals surface area (Å²) in [6, 6.07) is 15.0. The summed E-state index contributed by atoms with van der Waals surface area (Å²) in [6.45, 7) is -0.477. The molecule has 0 aliphatic carbocycles. The maximum atomic E-state index is 12.9. The van der Waals surface area contributed by atoms with E-state index < -0.39 is 30.1 Å². The van der Waals surface area contributed by atoms with E-state index in [9.17, 15) is 19.2 Å². The second-order valence-electron chi connectivity index (χ2n) is 7.28. The molecule has 0 radical (unpaired) electrons. The molecule has 0 saturated heterocycles. The molecule has 2 heterocycles. The molecule has 1 aromatic heterocycles. The molecule has 0 unspecified atom stereocenters. The van der Waals surface area contributed by atoms with Gasteiger partial charge in [-0.05, 0) is 48.5 Å². The van der Waals surface area contributed by atoms with Crippen LogP contribution in [0, 0.1) is 0 Å². The van der Waals surface area contributed by atoms with Gasteiger partial charge in [-0.25, -0.2) is 9.69 Å². The van der Waals surface area contributed by atoms with E-state index in [0.29, 0.717) is 10.9 Å². The second kappa shape index (κ2) is 8.36. The summed E-state index contributed by atoms with van der Waals surface area (Å²) in [5.41, 5.74) is 0.392. The van der Waals surface area contributed by atoms with Gasteiger partial charge in [0.05, 0.1) is 37.8 Å². The summed E-state index contributed by atoms with van der Waals surface area (Å²) >= 11 is 11.9. The summed E-state index contributed by atoms with van der Waals surface area (Å²) in [4.78, 5) is 51.8. The number of benzene rings is 3. The van der Waals surface area contributed by atoms with Gasteiger partial charge in [0, 0.05) is 0 Å². The number of carbonyl (C=O) groups excluding carboxylic acids is 3. The molecule has 4 aromatic rings. The third-order valence-corrected chi connectivity index (χ3v) is 5.97. The second-order valence-corrected chi connectivity index (χ2v) is 8.09. The number of halogens is 2. The highest BCUT2D eigenvalue weighted by Gasteiger charge is 2.37. The SMILES string of the molecule is O=C(OCn1nnc2ccccc2c1=O)c1ccc2c(c1)C(=O)N(c1ccc(Cl)c(Cl)c1)C2=O. The number of aromatic nitrogens is 3. The summed E-state index contributed by atoms with van der Waals surface area (Å²) in [6.07, 6.45) is 0. The Balaban J connectivity index is 1.38. The number of ether oxygens (including phenoxy) is 1. The van der Waals surface area contributed by atoms with E-state index in [1.807, 2.05) is 0 Å². The maximum absolute atomic E-state index is 12.9. The van der Waals surface area contributed by atoms with Gasteiger partial charge in [0.15, 0.2) is 6.73 Å². The lowest BCUT2D eigenvalue weighted by atomic mass is 10.1. The number of amides is 2. The Labute approximate surface area is 201 Å². The van der Waals surface area contributed by atoms with Crippen LogP contribution in [0.5, 0.6) is 0 Å². The molecule has 9 nitrogen and oxygen atoms in total. The molecule has 1 aliphatic rings. The molecule has 11 heteroatoms. The van der Waals surface area contributed by atoms with Crippen molar-refractivity contribution in [2.75, 3.05) is 4.90 Å². The highest BCUT2D eigenvalue weighted by Crippen LogP contribution is 2.33. The molecule has 34 heavy (non-hydrogen) atoms. The van der Waals surface area contributed by atoms with Gasteiger partial charge in [0.25, 0.3) is 17.4 Å². The van der Waals surface area contributed by atoms with Crippen molar-refractivity contribution in [3.8, 4) is 0 Å². The Morgan fingerprint density at radius 3 is 2.44 bits per heavy atom. The van der Waals surface area contributed by atoms with Crippen LogP contribution in [0.4, 0.5) is 5.69 Å². The maximum Gasteiger partial charge on any atom is 0.339 e. The van der Waals surface area contributed by atoms with Crippen LogP contribution in [0.3, 0.4) is 0 Å². The van der Waals surface area contributed by atoms with Crippen LogP contribution < -0.4 is 10.5 Å². The number of fused-ring (bicyclic) bond motifs is 2. The van der Waals surface area contributed by atoms with Gasteiger partial charge in [-0.2, -0.15) is 4.68 Å². The topological polar surface area (TPSA) is 111 Å². The quantitative estimate of drug-likeness (QED) is 0.314. The molecule has 5 rings (SSSR count). The number of hydrogen-bond donors (Lipinski definition) is 0. The fraction of sp³-hybridized carbons (Fsp3) is 0.0435. The van der Waals surface area contributed by atoms with Crippen LogP contribution >= 0.6 is 23.2 Å². The molecule has 2 amide bonds. The van der Waals surface area contributed by atoms with Crippen molar-refractivity contribution >= 4 is 57.6 Å². The van der Waals surface area contributed by atoms with E-state index in [4.69, 9.17) is 27.9 Å². The molecule has 0 bridgehead atoms. The van der Waals surface area contributed by atoms with Gasteiger partial charge in [-0.15, -0.1) is 5.10 Å². The zero-order valence-corrected chi connectivity index (χ0v) is 18.6. The summed E-state index contributed by atoms with van der Waals surface area (Å²) in [5.74, 6) is -1.99. The summed E-state index contributed by atoms with van der Waals surface area (Å²) in [5, 5.41) is 8.48. The summed E-state index contributed by atoms with van der Waals surface area (Å²) < 4.78 is 6.10. The lowest BCUT2D eigenvalue weighted by Gasteiger charge is -2.14. The first-order chi connectivity index (χ1) is 16.3. The highest BCUT2D eigenvalue weighted by atomic mass is 35.5. The first-order valence-electron chi connectivity index (χ1n) is 9.82. The van der Waals surface area contributed by atoms with Crippen molar-refractivity contribution in [1.82, 2.24) is 15.0 Å². The van der Waals surface area contributed by atoms with Crippen LogP contribution in [0.25, 0.3) is 10.9 Å². The minimum Gasteiger partial charge on any atom is -0.439 e. The molecule has 0 atom stereocenters. The van der Waals surface area contributed by atoms with Crippen molar-refractivity contribution in [3.63, 3.8) is 0 Å². The number of anilines is 1. The van der Waals surface area contributed by atoms with Crippen molar-refractivity contribution in [2.45, 2.75) is 6.73 Å². The summed E-state index contributed by atoms with van der Waals surface area (Å²) in [7, 11) is 0. The van der Waals surface area contributed by atoms with E-state index in [1.54, 1.807) is 24.3 Å². The fourth-order valence-electron chi connectivity index (χ4n) is 3.54. The Bertz CT molecular complexity index is 1580. The standard InChI is InChI=1S/C23H12Cl2N4O5/c24-17-8-6-13(10-18(17)25)29-21(31)14-7-5-12(9-16(14)22(29)32)23(33)34-11-28-20(30)15-3-1-2-4-19(15)26-27-28/h1-10H,11H2. The number of esters is 1. The van der Waals surface area contributed by atoms with Crippen LogP contribution in [0.1, 0.15) is 31.1 Å². The van der Waals surface area contributed by atoms with E-state index >= 15 is 0 Å². The number of nitrogens with zero attached hydrogens (tertiary/aromatic N) is 4. The molecular weight excluding hydrogens is 483 g/mol. The van der Waals surface area contributed by atoms with Crippen molar-refractivity contribution in [2.24, 2.45) is 0 Å². The fourth-order valence-corrected chi connectivity index (χ4v) is 3.83. The van der Waals surface area contributed by atoms with E-state index in [1.165, 1.54) is 36.4 Å². The zero-order valence-electron chi connectivity index (χ0n) is 17.1. The highest BCUT2D eigenvalue weighted by molar-refractivity contribution is 6.42. The molecule has 0 saturated carbocycles. The Morgan fingerprint density at radius 1 is 0.882 bits per heavy atom. The van der Waals surface area contributed by atoms with E-state index in [0.717, 1.165) is 9.58 Å². The van der Waals surface area contributed by atoms with Crippen molar-refractivity contribution in [1.29, 1.82) is 0 Å². The molecule has 0 fully saturated rings. The lowest BCUT2D eigenvalue weighted by Crippen LogP contribution is -2.29. The molecule has 0 N–H and O–H groups in total. The minimum absolute atomic E-state index is 0.0256. The van der Waals surface area contributed by atoms with Crippen LogP contribution in [-0.2, 0) is 11.5 Å². The first kappa shape index (κ1) is 21.7. The van der Waals surface area contributed by atoms with Gasteiger partial charge in [-0.1, -0.05) is 40.5 Å². The number of carbonyl (C=O) groups is 3. The van der Waals surface area contributed by atoms with Gasteiger partial charge in [-0.3, -0.25) is 14.4 Å². The van der Waals surface area contributed by atoms with Gasteiger partial charge in [0.2, 0.25) is 0 Å².